The van der Waals surface area contributed by atoms with Crippen molar-refractivity contribution >= 4 is 0 Å². The van der Waals surface area contributed by atoms with Crippen LogP contribution < -0.4 is 33.2 Å². The van der Waals surface area contributed by atoms with E-state index < -0.39 is 0 Å². The predicted molar refractivity (Wildman–Crippen MR) is 126 cm³/mol. The van der Waals surface area contributed by atoms with Gasteiger partial charge in [0.15, 0.2) is 0 Å². The van der Waals surface area contributed by atoms with E-state index in [2.05, 4.69) is 0 Å². The molecule has 0 aromatic heterocycles. The summed E-state index contributed by atoms with van der Waals surface area (Å²) in [7, 11) is 11.3. The van der Waals surface area contributed by atoms with Crippen LogP contribution in [0, 0.1) is 0 Å². The van der Waals surface area contributed by atoms with Crippen molar-refractivity contribution in [1.29, 1.82) is 0 Å². The number of hydrogen-bond acceptors (Lipinski definition) is 7. The molecule has 0 saturated carbocycles. The van der Waals surface area contributed by atoms with Gasteiger partial charge in [-0.1, -0.05) is 12.1 Å². The lowest BCUT2D eigenvalue weighted by Gasteiger charge is -2.27. The van der Waals surface area contributed by atoms with Gasteiger partial charge in [0, 0.05) is 46.9 Å². The molecule has 0 aliphatic carbocycles. The first-order valence-electron chi connectivity index (χ1n) is 10.3. The second-order valence-corrected chi connectivity index (χ2v) is 7.09. The van der Waals surface area contributed by atoms with Crippen molar-refractivity contribution in [1.82, 2.24) is 0 Å². The van der Waals surface area contributed by atoms with Crippen molar-refractivity contribution in [2.45, 2.75) is 5.92 Å². The lowest BCUT2D eigenvalue weighted by atomic mass is 9.82. The minimum absolute atomic E-state index is 0.373. The third-order valence-electron chi connectivity index (χ3n) is 5.55. The maximum atomic E-state index is 5.80. The van der Waals surface area contributed by atoms with Gasteiger partial charge in [0.2, 0.25) is 0 Å². The molecule has 0 atom stereocenters. The van der Waals surface area contributed by atoms with Crippen molar-refractivity contribution in [3.8, 4) is 40.2 Å². The molecule has 176 valence electrons. The fourth-order valence-corrected chi connectivity index (χ4v) is 3.91. The molecule has 0 heterocycles. The van der Waals surface area contributed by atoms with Crippen LogP contribution in [0.5, 0.6) is 40.2 Å². The lowest BCUT2D eigenvalue weighted by Crippen LogP contribution is -2.11. The third-order valence-corrected chi connectivity index (χ3v) is 5.55. The van der Waals surface area contributed by atoms with Gasteiger partial charge in [0.1, 0.15) is 40.2 Å². The predicted octanol–water partition coefficient (Wildman–Crippen LogP) is 4.93. The first kappa shape index (κ1) is 23.9. The first-order chi connectivity index (χ1) is 16.0. The van der Waals surface area contributed by atoms with Crippen LogP contribution >= 0.6 is 0 Å². The molecule has 0 amide bonds. The molecule has 0 aliphatic rings. The Bertz CT molecular complexity index is 1010. The Labute approximate surface area is 194 Å². The molecule has 0 spiro atoms. The highest BCUT2D eigenvalue weighted by molar-refractivity contribution is 5.63. The molecule has 0 radical (unpaired) electrons. The van der Waals surface area contributed by atoms with Gasteiger partial charge in [-0.05, 0) is 12.1 Å². The normalized spacial score (nSPS) is 10.5. The molecule has 3 aromatic rings. The van der Waals surface area contributed by atoms with E-state index >= 15 is 0 Å². The molecule has 0 fully saturated rings. The largest absolute Gasteiger partial charge is 0.497 e. The molecule has 0 unspecified atom stereocenters. The highest BCUT2D eigenvalue weighted by atomic mass is 16.5. The summed E-state index contributed by atoms with van der Waals surface area (Å²) in [6, 6.07) is 15.1. The van der Waals surface area contributed by atoms with E-state index in [-0.39, 0.29) is 5.92 Å². The molecule has 0 aliphatic heterocycles. The topological polar surface area (TPSA) is 64.6 Å². The van der Waals surface area contributed by atoms with E-state index in [1.165, 1.54) is 0 Å². The minimum atomic E-state index is -0.373. The molecule has 0 bridgehead atoms. The summed E-state index contributed by atoms with van der Waals surface area (Å²) in [4.78, 5) is 0. The summed E-state index contributed by atoms with van der Waals surface area (Å²) in [5, 5.41) is 0. The summed E-state index contributed by atoms with van der Waals surface area (Å²) in [5.74, 6) is 4.12. The van der Waals surface area contributed by atoms with Gasteiger partial charge in [-0.3, -0.25) is 0 Å². The lowest BCUT2D eigenvalue weighted by molar-refractivity contribution is 0.364. The van der Waals surface area contributed by atoms with Crippen molar-refractivity contribution in [2.75, 3.05) is 49.8 Å². The Balaban J connectivity index is 2.41. The summed E-state index contributed by atoms with van der Waals surface area (Å²) in [6.07, 6.45) is 0. The van der Waals surface area contributed by atoms with E-state index in [1.54, 1.807) is 49.8 Å². The van der Waals surface area contributed by atoms with Crippen molar-refractivity contribution in [2.24, 2.45) is 0 Å². The molecular formula is C26H30O7. The first-order valence-corrected chi connectivity index (χ1v) is 10.3. The van der Waals surface area contributed by atoms with Crippen molar-refractivity contribution in [3.63, 3.8) is 0 Å². The average Bonchev–Trinajstić information content (AvgIpc) is 2.88. The fraction of sp³-hybridized carbons (Fsp3) is 0.308. The molecule has 33 heavy (non-hydrogen) atoms. The van der Waals surface area contributed by atoms with E-state index in [1.807, 2.05) is 48.5 Å². The number of benzene rings is 3. The van der Waals surface area contributed by atoms with Crippen LogP contribution in [0.2, 0.25) is 0 Å². The van der Waals surface area contributed by atoms with Gasteiger partial charge in [0.25, 0.3) is 0 Å². The Hall–Kier alpha value is -3.74. The average molecular weight is 455 g/mol. The van der Waals surface area contributed by atoms with E-state index in [9.17, 15) is 0 Å². The second kappa shape index (κ2) is 10.7. The van der Waals surface area contributed by atoms with Gasteiger partial charge in [0.05, 0.1) is 49.8 Å². The SMILES string of the molecule is COc1ccc(C(c2ccc(OC)cc2OC)c2c(OC)cc(OC)cc2OC)c(OC)c1. The minimum Gasteiger partial charge on any atom is -0.497 e. The van der Waals surface area contributed by atoms with Crippen LogP contribution in [0.25, 0.3) is 0 Å². The maximum Gasteiger partial charge on any atom is 0.130 e. The maximum absolute atomic E-state index is 5.80. The van der Waals surface area contributed by atoms with Crippen molar-refractivity contribution < 1.29 is 33.2 Å². The molecule has 3 aromatic carbocycles. The summed E-state index contributed by atoms with van der Waals surface area (Å²) in [5.41, 5.74) is 2.56. The fourth-order valence-electron chi connectivity index (χ4n) is 3.91. The second-order valence-electron chi connectivity index (χ2n) is 7.09. The van der Waals surface area contributed by atoms with Gasteiger partial charge in [-0.2, -0.15) is 0 Å². The molecule has 0 N–H and O–H groups in total. The van der Waals surface area contributed by atoms with Gasteiger partial charge < -0.3 is 33.2 Å². The molecule has 7 heteroatoms. The third kappa shape index (κ3) is 4.72. The van der Waals surface area contributed by atoms with Crippen molar-refractivity contribution in [3.05, 3.63) is 65.2 Å². The Morgan fingerprint density at radius 2 is 0.788 bits per heavy atom. The zero-order valence-corrected chi connectivity index (χ0v) is 20.1. The number of ether oxygens (including phenoxy) is 7. The molecule has 7 nitrogen and oxygen atoms in total. The smallest absolute Gasteiger partial charge is 0.130 e. The number of rotatable bonds is 10. The molecule has 3 rings (SSSR count). The summed E-state index contributed by atoms with van der Waals surface area (Å²) in [6.45, 7) is 0. The molecular weight excluding hydrogens is 424 g/mol. The number of methoxy groups -OCH3 is 7. The van der Waals surface area contributed by atoms with E-state index in [0.717, 1.165) is 16.7 Å². The van der Waals surface area contributed by atoms with E-state index in [0.29, 0.717) is 40.2 Å². The van der Waals surface area contributed by atoms with Crippen LogP contribution in [-0.4, -0.2) is 49.8 Å². The standard InChI is InChI=1S/C26H30O7/c1-27-16-8-10-19(21(12-16)30-4)25(20-11-9-17(28-2)13-22(20)31-5)26-23(32-6)14-18(29-3)15-24(26)33-7/h8-15,25H,1-7H3. The highest BCUT2D eigenvalue weighted by Gasteiger charge is 2.31. The Morgan fingerprint density at radius 3 is 1.12 bits per heavy atom. The van der Waals surface area contributed by atoms with Crippen LogP contribution in [-0.2, 0) is 0 Å². The zero-order chi connectivity index (χ0) is 24.0. The van der Waals surface area contributed by atoms with Crippen LogP contribution in [0.3, 0.4) is 0 Å². The van der Waals surface area contributed by atoms with Gasteiger partial charge >= 0.3 is 0 Å². The van der Waals surface area contributed by atoms with Gasteiger partial charge in [-0.25, -0.2) is 0 Å². The quantitative estimate of drug-likeness (QED) is 0.403. The van der Waals surface area contributed by atoms with Crippen LogP contribution in [0.4, 0.5) is 0 Å². The summed E-state index contributed by atoms with van der Waals surface area (Å²) >= 11 is 0. The monoisotopic (exact) mass is 454 g/mol. The zero-order valence-electron chi connectivity index (χ0n) is 20.1. The summed E-state index contributed by atoms with van der Waals surface area (Å²) < 4.78 is 39.4. The van der Waals surface area contributed by atoms with Gasteiger partial charge in [-0.15, -0.1) is 0 Å². The Morgan fingerprint density at radius 1 is 0.424 bits per heavy atom. The van der Waals surface area contributed by atoms with Crippen LogP contribution in [0.1, 0.15) is 22.6 Å². The van der Waals surface area contributed by atoms with Crippen LogP contribution in [0.15, 0.2) is 48.5 Å². The Kier molecular flexibility index (Phi) is 7.77. The van der Waals surface area contributed by atoms with E-state index in [4.69, 9.17) is 33.2 Å². The highest BCUT2D eigenvalue weighted by Crippen LogP contribution is 2.50. The molecule has 0 saturated heterocycles. The number of hydrogen-bond donors (Lipinski definition) is 0.